The molecule has 2 aromatic carbocycles. The van der Waals surface area contributed by atoms with Crippen molar-refractivity contribution in [3.8, 4) is 0 Å². The second-order valence-corrected chi connectivity index (χ2v) is 8.36. The van der Waals surface area contributed by atoms with Crippen LogP contribution in [0.15, 0.2) is 65.3 Å². The van der Waals surface area contributed by atoms with Crippen molar-refractivity contribution in [3.05, 3.63) is 65.9 Å². The Bertz CT molecular complexity index is 1010. The third kappa shape index (κ3) is 6.72. The smallest absolute Gasteiger partial charge is 0.311 e. The lowest BCUT2D eigenvalue weighted by atomic mass is 10.0. The number of carbonyl (C=O) groups is 2. The minimum absolute atomic E-state index is 0.107. The summed E-state index contributed by atoms with van der Waals surface area (Å²) in [6, 6.07) is 15.5. The second-order valence-electron chi connectivity index (χ2n) is 7.36. The fourth-order valence-electron chi connectivity index (χ4n) is 3.03. The summed E-state index contributed by atoms with van der Waals surface area (Å²) in [5.41, 5.74) is 4.20. The second kappa shape index (κ2) is 10.8. The van der Waals surface area contributed by atoms with Gasteiger partial charge in [0.05, 0.1) is 35.2 Å². The molecular weight excluding hydrogens is 410 g/mol. The lowest BCUT2D eigenvalue weighted by Crippen LogP contribution is -2.15. The Morgan fingerprint density at radius 1 is 1.16 bits per heavy atom. The number of rotatable bonds is 7. The molecule has 162 valence electrons. The zero-order chi connectivity index (χ0) is 22.2. The maximum atomic E-state index is 12.5. The Kier molecular flexibility index (Phi) is 7.89. The van der Waals surface area contributed by atoms with Crippen LogP contribution >= 0.6 is 11.8 Å². The summed E-state index contributed by atoms with van der Waals surface area (Å²) in [4.78, 5) is 29.2. The Balaban J connectivity index is 1.70. The van der Waals surface area contributed by atoms with E-state index in [9.17, 15) is 9.59 Å². The van der Waals surface area contributed by atoms with E-state index in [-0.39, 0.29) is 24.1 Å². The number of nitrogens with one attached hydrogen (secondary N) is 2. The molecular formula is C24H27N3O3S. The molecule has 1 aliphatic rings. The third-order valence-corrected chi connectivity index (χ3v) is 5.47. The molecule has 0 aromatic heterocycles. The van der Waals surface area contributed by atoms with E-state index < -0.39 is 0 Å². The average Bonchev–Trinajstić information content (AvgIpc) is 2.91. The number of anilines is 2. The molecule has 1 amide bonds. The topological polar surface area (TPSA) is 79.8 Å². The lowest BCUT2D eigenvalue weighted by Gasteiger charge is -2.10. The summed E-state index contributed by atoms with van der Waals surface area (Å²) in [6.07, 6.45) is 1.91. The van der Waals surface area contributed by atoms with Gasteiger partial charge < -0.3 is 15.4 Å². The maximum Gasteiger partial charge on any atom is 0.311 e. The molecule has 0 atom stereocenters. The van der Waals surface area contributed by atoms with Gasteiger partial charge in [0.25, 0.3) is 0 Å². The van der Waals surface area contributed by atoms with E-state index in [0.717, 1.165) is 17.1 Å². The van der Waals surface area contributed by atoms with Crippen LogP contribution < -0.4 is 10.6 Å². The highest BCUT2D eigenvalue weighted by molar-refractivity contribution is 8.14. The van der Waals surface area contributed by atoms with Crippen molar-refractivity contribution >= 4 is 45.7 Å². The first kappa shape index (κ1) is 22.6. The molecule has 0 aliphatic carbocycles. The fraction of sp³-hybridized carbons (Fsp3) is 0.292. The minimum atomic E-state index is -0.312. The highest BCUT2D eigenvalue weighted by atomic mass is 32.2. The van der Waals surface area contributed by atoms with E-state index in [1.54, 1.807) is 13.0 Å². The zero-order valence-corrected chi connectivity index (χ0v) is 18.8. The summed E-state index contributed by atoms with van der Waals surface area (Å²) in [7, 11) is 0. The molecule has 2 N–H and O–H groups in total. The van der Waals surface area contributed by atoms with Gasteiger partial charge in [-0.3, -0.25) is 9.59 Å². The van der Waals surface area contributed by atoms with Gasteiger partial charge in [0, 0.05) is 11.4 Å². The Morgan fingerprint density at radius 2 is 1.97 bits per heavy atom. The van der Waals surface area contributed by atoms with Gasteiger partial charge in [-0.15, -0.1) is 0 Å². The first-order valence-corrected chi connectivity index (χ1v) is 11.3. The number of esters is 1. The molecule has 1 aliphatic heterocycles. The fourth-order valence-corrected chi connectivity index (χ4v) is 3.77. The molecule has 31 heavy (non-hydrogen) atoms. The molecule has 3 rings (SSSR count). The summed E-state index contributed by atoms with van der Waals surface area (Å²) < 4.78 is 5.07. The van der Waals surface area contributed by atoms with Gasteiger partial charge in [0.1, 0.15) is 0 Å². The van der Waals surface area contributed by atoms with E-state index >= 15 is 0 Å². The molecule has 0 saturated carbocycles. The standard InChI is InChI=1S/C24H27N3O3S/c1-4-30-24(29)14-19-13-23(27-21-11-6-5-10-20(21)25-19)31-15-22(28)26-18-9-7-8-17(12-18)16(2)3/h5-13,16,25H,4,14-15H2,1-3H3,(H,26,28). The van der Waals surface area contributed by atoms with Crippen LogP contribution in [0.25, 0.3) is 0 Å². The Hall–Kier alpha value is -3.06. The van der Waals surface area contributed by atoms with Gasteiger partial charge in [-0.05, 0) is 48.7 Å². The van der Waals surface area contributed by atoms with Gasteiger partial charge in [-0.1, -0.05) is 49.9 Å². The van der Waals surface area contributed by atoms with Crippen LogP contribution in [-0.4, -0.2) is 29.3 Å². The first-order chi connectivity index (χ1) is 14.9. The molecule has 0 saturated heterocycles. The third-order valence-electron chi connectivity index (χ3n) is 4.56. The molecule has 2 aromatic rings. The van der Waals surface area contributed by atoms with Crippen molar-refractivity contribution in [2.45, 2.75) is 33.1 Å². The van der Waals surface area contributed by atoms with E-state index in [4.69, 9.17) is 4.74 Å². The lowest BCUT2D eigenvalue weighted by molar-refractivity contribution is -0.142. The molecule has 0 fully saturated rings. The maximum absolute atomic E-state index is 12.5. The predicted octanol–water partition coefficient (Wildman–Crippen LogP) is 5.47. The number of nitrogens with zero attached hydrogens (tertiary/aromatic N) is 1. The highest BCUT2D eigenvalue weighted by Crippen LogP contribution is 2.31. The quantitative estimate of drug-likeness (QED) is 0.561. The van der Waals surface area contributed by atoms with Crippen LogP contribution in [0.3, 0.4) is 0 Å². The van der Waals surface area contributed by atoms with Crippen molar-refractivity contribution in [2.24, 2.45) is 4.99 Å². The number of carbonyl (C=O) groups excluding carboxylic acids is 2. The Morgan fingerprint density at radius 3 is 2.74 bits per heavy atom. The number of aliphatic imine (C=N–C) groups is 1. The van der Waals surface area contributed by atoms with Gasteiger partial charge in [-0.2, -0.15) is 0 Å². The normalized spacial score (nSPS) is 12.8. The Labute approximate surface area is 187 Å². The molecule has 0 spiro atoms. The summed E-state index contributed by atoms with van der Waals surface area (Å²) in [5.74, 6) is 0.171. The number of fused-ring (bicyclic) bond motifs is 1. The minimum Gasteiger partial charge on any atom is -0.466 e. The van der Waals surface area contributed by atoms with Crippen LogP contribution in [0.1, 0.15) is 38.7 Å². The van der Waals surface area contributed by atoms with Crippen molar-refractivity contribution < 1.29 is 14.3 Å². The zero-order valence-electron chi connectivity index (χ0n) is 18.0. The van der Waals surface area contributed by atoms with Crippen molar-refractivity contribution in [1.82, 2.24) is 0 Å². The number of para-hydroxylation sites is 2. The van der Waals surface area contributed by atoms with Gasteiger partial charge in [-0.25, -0.2) is 4.99 Å². The number of amides is 1. The van der Waals surface area contributed by atoms with Crippen LogP contribution in [0, 0.1) is 0 Å². The van der Waals surface area contributed by atoms with Gasteiger partial charge in [0.15, 0.2) is 0 Å². The summed E-state index contributed by atoms with van der Waals surface area (Å²) in [5, 5.41) is 6.86. The van der Waals surface area contributed by atoms with Crippen LogP contribution in [-0.2, 0) is 14.3 Å². The number of benzene rings is 2. The van der Waals surface area contributed by atoms with Crippen LogP contribution in [0.4, 0.5) is 17.1 Å². The molecule has 0 bridgehead atoms. The average molecular weight is 438 g/mol. The first-order valence-electron chi connectivity index (χ1n) is 10.3. The van der Waals surface area contributed by atoms with Crippen LogP contribution in [0.5, 0.6) is 0 Å². The summed E-state index contributed by atoms with van der Waals surface area (Å²) >= 11 is 1.33. The van der Waals surface area contributed by atoms with E-state index in [2.05, 4.69) is 35.5 Å². The number of hydrogen-bond acceptors (Lipinski definition) is 6. The highest BCUT2D eigenvalue weighted by Gasteiger charge is 2.15. The number of thioether (sulfide) groups is 1. The molecule has 0 unspecified atom stereocenters. The largest absolute Gasteiger partial charge is 0.466 e. The van der Waals surface area contributed by atoms with Crippen LogP contribution in [0.2, 0.25) is 0 Å². The molecule has 7 heteroatoms. The van der Waals surface area contributed by atoms with E-state index in [0.29, 0.717) is 23.3 Å². The van der Waals surface area contributed by atoms with Crippen molar-refractivity contribution in [3.63, 3.8) is 0 Å². The number of hydrogen-bond donors (Lipinski definition) is 2. The SMILES string of the molecule is CCOC(=O)CC1=CC(SCC(=O)Nc2cccc(C(C)C)c2)=Nc2ccccc2N1. The molecule has 6 nitrogen and oxygen atoms in total. The predicted molar refractivity (Wildman–Crippen MR) is 128 cm³/mol. The molecule has 0 radical (unpaired) electrons. The van der Waals surface area contributed by atoms with E-state index in [1.165, 1.54) is 17.3 Å². The van der Waals surface area contributed by atoms with E-state index in [1.807, 2.05) is 42.5 Å². The molecule has 1 heterocycles. The van der Waals surface area contributed by atoms with Gasteiger partial charge in [0.2, 0.25) is 5.91 Å². The van der Waals surface area contributed by atoms with Crippen molar-refractivity contribution in [1.29, 1.82) is 0 Å². The summed E-state index contributed by atoms with van der Waals surface area (Å²) in [6.45, 7) is 6.34. The monoisotopic (exact) mass is 437 g/mol. The van der Waals surface area contributed by atoms with Gasteiger partial charge >= 0.3 is 5.97 Å². The van der Waals surface area contributed by atoms with Crippen molar-refractivity contribution in [2.75, 3.05) is 23.0 Å². The number of ether oxygens (including phenoxy) is 1.